The maximum atomic E-state index is 11.2. The number of hydrogen-bond donors (Lipinski definition) is 3. The zero-order valence-electron chi connectivity index (χ0n) is 18.1. The number of unbranched alkanes of at least 4 members (excludes halogenated alkanes) is 2. The number of carboxylic acids is 1. The van der Waals surface area contributed by atoms with E-state index in [1.807, 2.05) is 0 Å². The molecule has 28 heavy (non-hydrogen) atoms. The number of fused-ring (bicyclic) bond motifs is 3. The standard InChI is InChI=1S/C13H24.C9H16N2O4/c1-2-3-4-8-13-9-5-12(6-10-13)7-11-13;1-9(2,3)4(8(14)15)5(10)6(12)7(11)13/h12H,2-11H2,1H3;4-5H,10H2,1-3H3,(H2,11,13)(H,14,15)/t;4?,5-/m.0/s1. The summed E-state index contributed by atoms with van der Waals surface area (Å²) in [5, 5.41) is 8.93. The van der Waals surface area contributed by atoms with E-state index < -0.39 is 35.0 Å². The van der Waals surface area contributed by atoms with E-state index in [0.29, 0.717) is 0 Å². The number of ketones is 1. The molecule has 0 spiro atoms. The lowest BCUT2D eigenvalue weighted by atomic mass is 9.59. The summed E-state index contributed by atoms with van der Waals surface area (Å²) in [6.45, 7) is 7.19. The molecule has 5 N–H and O–H groups in total. The van der Waals surface area contributed by atoms with Crippen LogP contribution in [0.25, 0.3) is 0 Å². The van der Waals surface area contributed by atoms with Crippen molar-refractivity contribution in [1.29, 1.82) is 0 Å². The van der Waals surface area contributed by atoms with E-state index in [1.54, 1.807) is 65.7 Å². The van der Waals surface area contributed by atoms with Gasteiger partial charge in [-0.05, 0) is 61.7 Å². The van der Waals surface area contributed by atoms with Gasteiger partial charge in [-0.2, -0.15) is 0 Å². The number of Topliss-reactive ketones (excluding diaryl/α,β-unsaturated/α-hetero) is 1. The zero-order valence-corrected chi connectivity index (χ0v) is 18.1. The number of amides is 1. The fourth-order valence-corrected chi connectivity index (χ4v) is 4.84. The van der Waals surface area contributed by atoms with Crippen LogP contribution in [-0.2, 0) is 14.4 Å². The lowest BCUT2D eigenvalue weighted by Crippen LogP contribution is -2.51. The number of primary amides is 1. The molecule has 0 aromatic rings. The van der Waals surface area contributed by atoms with Crippen molar-refractivity contribution in [3.8, 4) is 0 Å². The number of rotatable bonds is 8. The summed E-state index contributed by atoms with van der Waals surface area (Å²) in [6, 6.07) is -1.40. The molecule has 1 amide bonds. The predicted molar refractivity (Wildman–Crippen MR) is 111 cm³/mol. The molecule has 0 radical (unpaired) electrons. The van der Waals surface area contributed by atoms with Crippen LogP contribution in [0.5, 0.6) is 0 Å². The highest BCUT2D eigenvalue weighted by Gasteiger charge is 2.41. The smallest absolute Gasteiger partial charge is 0.309 e. The van der Waals surface area contributed by atoms with Crippen LogP contribution in [-0.4, -0.2) is 28.8 Å². The molecule has 0 aromatic heterocycles. The summed E-state index contributed by atoms with van der Waals surface area (Å²) in [4.78, 5) is 32.7. The van der Waals surface area contributed by atoms with Gasteiger partial charge >= 0.3 is 5.97 Å². The first-order valence-electron chi connectivity index (χ1n) is 10.8. The molecule has 2 bridgehead atoms. The SMILES string of the molecule is CC(C)(C)C(C(=O)O)[C@H](N)C(=O)C(N)=O.CCCCCC12CCC(CC1)CC2. The van der Waals surface area contributed by atoms with Gasteiger partial charge in [0.15, 0.2) is 0 Å². The van der Waals surface area contributed by atoms with Crippen LogP contribution in [0.2, 0.25) is 0 Å². The van der Waals surface area contributed by atoms with Gasteiger partial charge in [-0.25, -0.2) is 0 Å². The molecule has 3 rings (SSSR count). The number of carboxylic acid groups (broad SMARTS) is 1. The molecule has 0 aliphatic heterocycles. The van der Waals surface area contributed by atoms with Gasteiger partial charge in [-0.3, -0.25) is 14.4 Å². The Kier molecular flexibility index (Phi) is 9.12. The lowest BCUT2D eigenvalue weighted by molar-refractivity contribution is -0.150. The molecule has 6 nitrogen and oxygen atoms in total. The monoisotopic (exact) mass is 396 g/mol. The van der Waals surface area contributed by atoms with Crippen LogP contribution in [0.4, 0.5) is 0 Å². The molecule has 6 heteroatoms. The van der Waals surface area contributed by atoms with Crippen LogP contribution >= 0.6 is 0 Å². The Balaban J connectivity index is 0.000000281. The summed E-state index contributed by atoms with van der Waals surface area (Å²) in [5.41, 5.74) is 10.3. The summed E-state index contributed by atoms with van der Waals surface area (Å²) < 4.78 is 0. The van der Waals surface area contributed by atoms with Crippen LogP contribution in [0.15, 0.2) is 0 Å². The maximum Gasteiger partial charge on any atom is 0.309 e. The Morgan fingerprint density at radius 2 is 1.57 bits per heavy atom. The molecule has 3 aliphatic rings. The third-order valence-corrected chi connectivity index (χ3v) is 6.66. The number of aliphatic carboxylic acids is 1. The van der Waals surface area contributed by atoms with Gasteiger partial charge in [0.25, 0.3) is 5.91 Å². The summed E-state index contributed by atoms with van der Waals surface area (Å²) in [7, 11) is 0. The molecule has 0 heterocycles. The van der Waals surface area contributed by atoms with Crippen LogP contribution in [0.1, 0.15) is 91.9 Å². The van der Waals surface area contributed by atoms with Gasteiger partial charge in [0.05, 0.1) is 12.0 Å². The quantitative estimate of drug-likeness (QED) is 0.427. The highest BCUT2D eigenvalue weighted by atomic mass is 16.4. The first kappa shape index (κ1) is 24.6. The fraction of sp³-hybridized carbons (Fsp3) is 0.864. The maximum absolute atomic E-state index is 11.2. The van der Waals surface area contributed by atoms with Gasteiger partial charge in [-0.15, -0.1) is 0 Å². The van der Waals surface area contributed by atoms with Crippen molar-refractivity contribution in [1.82, 2.24) is 0 Å². The first-order valence-corrected chi connectivity index (χ1v) is 10.8. The largest absolute Gasteiger partial charge is 0.481 e. The third kappa shape index (κ3) is 6.87. The second kappa shape index (κ2) is 10.4. The highest BCUT2D eigenvalue weighted by molar-refractivity contribution is 6.37. The van der Waals surface area contributed by atoms with E-state index in [2.05, 4.69) is 6.92 Å². The summed E-state index contributed by atoms with van der Waals surface area (Å²) in [6.07, 6.45) is 15.3. The second-order valence-corrected chi connectivity index (χ2v) is 9.88. The van der Waals surface area contributed by atoms with E-state index in [0.717, 1.165) is 11.3 Å². The summed E-state index contributed by atoms with van der Waals surface area (Å²) >= 11 is 0. The molecular formula is C22H40N2O4. The van der Waals surface area contributed by atoms with E-state index in [9.17, 15) is 14.4 Å². The number of hydrogen-bond acceptors (Lipinski definition) is 4. The van der Waals surface area contributed by atoms with Crippen molar-refractivity contribution in [2.75, 3.05) is 0 Å². The minimum absolute atomic E-state index is 0.726. The van der Waals surface area contributed by atoms with Crippen molar-refractivity contribution in [2.24, 2.45) is 34.1 Å². The molecule has 0 saturated heterocycles. The summed E-state index contributed by atoms with van der Waals surface area (Å²) in [5.74, 6) is -3.49. The van der Waals surface area contributed by atoms with E-state index in [1.165, 1.54) is 19.3 Å². The molecule has 3 fully saturated rings. The molecule has 1 unspecified atom stereocenters. The number of carbonyl (C=O) groups is 3. The molecule has 2 atom stereocenters. The van der Waals surface area contributed by atoms with Crippen molar-refractivity contribution >= 4 is 17.7 Å². The molecule has 0 aromatic carbocycles. The molecule has 162 valence electrons. The average Bonchev–Trinajstić information content (AvgIpc) is 2.61. The van der Waals surface area contributed by atoms with Crippen LogP contribution in [0.3, 0.4) is 0 Å². The minimum Gasteiger partial charge on any atom is -0.481 e. The van der Waals surface area contributed by atoms with Crippen molar-refractivity contribution < 1.29 is 19.5 Å². The Labute approximate surface area is 169 Å². The van der Waals surface area contributed by atoms with Crippen LogP contribution in [0, 0.1) is 22.7 Å². The zero-order chi connectivity index (χ0) is 21.5. The van der Waals surface area contributed by atoms with E-state index in [-0.39, 0.29) is 0 Å². The number of nitrogens with two attached hydrogens (primary N) is 2. The van der Waals surface area contributed by atoms with Gasteiger partial charge in [-0.1, -0.05) is 47.0 Å². The molecule has 3 aliphatic carbocycles. The topological polar surface area (TPSA) is 123 Å². The van der Waals surface area contributed by atoms with Crippen molar-refractivity contribution in [3.05, 3.63) is 0 Å². The Bertz CT molecular complexity index is 531. The van der Waals surface area contributed by atoms with Gasteiger partial charge in [0.1, 0.15) is 0 Å². The van der Waals surface area contributed by atoms with Gasteiger partial charge in [0, 0.05) is 0 Å². The fourth-order valence-electron chi connectivity index (χ4n) is 4.84. The number of carbonyl (C=O) groups excluding carboxylic acids is 2. The van der Waals surface area contributed by atoms with E-state index in [4.69, 9.17) is 16.6 Å². The first-order chi connectivity index (χ1) is 12.9. The Hall–Kier alpha value is -1.43. The van der Waals surface area contributed by atoms with Crippen LogP contribution < -0.4 is 11.5 Å². The highest BCUT2D eigenvalue weighted by Crippen LogP contribution is 2.52. The van der Waals surface area contributed by atoms with E-state index >= 15 is 0 Å². The normalized spacial score (nSPS) is 26.0. The molecular weight excluding hydrogens is 356 g/mol. The third-order valence-electron chi connectivity index (χ3n) is 6.66. The molecule has 3 saturated carbocycles. The average molecular weight is 397 g/mol. The van der Waals surface area contributed by atoms with Crippen molar-refractivity contribution in [3.63, 3.8) is 0 Å². The van der Waals surface area contributed by atoms with Gasteiger partial charge in [0.2, 0.25) is 5.78 Å². The van der Waals surface area contributed by atoms with Crippen molar-refractivity contribution in [2.45, 2.75) is 97.9 Å². The predicted octanol–water partition coefficient (Wildman–Crippen LogP) is 3.65. The Morgan fingerprint density at radius 1 is 1.07 bits per heavy atom. The minimum atomic E-state index is -1.40. The second-order valence-electron chi connectivity index (χ2n) is 9.88. The van der Waals surface area contributed by atoms with Gasteiger partial charge < -0.3 is 16.6 Å². The Morgan fingerprint density at radius 3 is 1.93 bits per heavy atom. The lowest BCUT2D eigenvalue weighted by Gasteiger charge is -2.47.